The number of nitrogens with zero attached hydrogens (tertiary/aromatic N) is 3. The number of aromatic nitrogens is 3. The molecule has 0 saturated heterocycles. The van der Waals surface area contributed by atoms with Gasteiger partial charge in [-0.25, -0.2) is 4.39 Å². The monoisotopic (exact) mass is 596 g/mol. The van der Waals surface area contributed by atoms with Crippen molar-refractivity contribution in [2.45, 2.75) is 50.9 Å². The van der Waals surface area contributed by atoms with E-state index < -0.39 is 0 Å². The van der Waals surface area contributed by atoms with E-state index in [1.807, 2.05) is 12.1 Å². The van der Waals surface area contributed by atoms with Gasteiger partial charge in [0, 0.05) is 37.8 Å². The van der Waals surface area contributed by atoms with Crippen molar-refractivity contribution < 1.29 is 23.8 Å². The second-order valence-corrected chi connectivity index (χ2v) is 10.3. The van der Waals surface area contributed by atoms with Crippen LogP contribution >= 0.6 is 0 Å². The van der Waals surface area contributed by atoms with E-state index in [-0.39, 0.29) is 23.9 Å². The lowest BCUT2D eigenvalue weighted by Gasteiger charge is -2.26. The first kappa shape index (κ1) is 32.0. The molecule has 13 heteroatoms. The molecule has 1 amide bonds. The summed E-state index contributed by atoms with van der Waals surface area (Å²) in [5, 5.41) is 22.5. The predicted molar refractivity (Wildman–Crippen MR) is 162 cm³/mol. The van der Waals surface area contributed by atoms with E-state index in [0.717, 1.165) is 36.8 Å². The van der Waals surface area contributed by atoms with Gasteiger partial charge in [-0.15, -0.1) is 0 Å². The van der Waals surface area contributed by atoms with Gasteiger partial charge in [0.05, 0.1) is 32.5 Å². The fourth-order valence-electron chi connectivity index (χ4n) is 4.48. The highest BCUT2D eigenvalue weighted by Gasteiger charge is 2.20. The molecular weight excluding hydrogens is 555 g/mol. The lowest BCUT2D eigenvalue weighted by Crippen LogP contribution is -2.29. The van der Waals surface area contributed by atoms with Crippen molar-refractivity contribution in [1.29, 1.82) is 0 Å². The van der Waals surface area contributed by atoms with Gasteiger partial charge in [0.25, 0.3) is 5.91 Å². The Morgan fingerprint density at radius 3 is 1.98 bits per heavy atom. The van der Waals surface area contributed by atoms with E-state index in [2.05, 4.69) is 36.2 Å². The van der Waals surface area contributed by atoms with Gasteiger partial charge < -0.3 is 41.6 Å². The van der Waals surface area contributed by atoms with Gasteiger partial charge in [-0.2, -0.15) is 15.0 Å². The quantitative estimate of drug-likeness (QED) is 0.127. The zero-order valence-electron chi connectivity index (χ0n) is 24.2. The van der Waals surface area contributed by atoms with Crippen LogP contribution in [-0.2, 0) is 22.6 Å². The molecule has 0 atom stereocenters. The van der Waals surface area contributed by atoms with Crippen LogP contribution in [0.15, 0.2) is 48.5 Å². The molecule has 1 aliphatic carbocycles. The second-order valence-electron chi connectivity index (χ2n) is 10.3. The summed E-state index contributed by atoms with van der Waals surface area (Å²) in [6, 6.07) is 13.7. The maximum atomic E-state index is 13.3. The summed E-state index contributed by atoms with van der Waals surface area (Å²) in [7, 11) is 0. The van der Waals surface area contributed by atoms with Gasteiger partial charge >= 0.3 is 0 Å². The summed E-state index contributed by atoms with van der Waals surface area (Å²) in [6.45, 7) is 3.54. The van der Waals surface area contributed by atoms with E-state index in [1.165, 1.54) is 12.1 Å². The molecule has 3 aromatic rings. The lowest BCUT2D eigenvalue weighted by molar-refractivity contribution is 0.0511. The molecule has 0 unspecified atom stereocenters. The number of hydrogen-bond donors (Lipinski definition) is 6. The molecule has 232 valence electrons. The number of carbonyl (C=O) groups excluding carboxylic acids is 1. The smallest absolute Gasteiger partial charge is 0.251 e. The van der Waals surface area contributed by atoms with Crippen LogP contribution in [0.2, 0.25) is 0 Å². The van der Waals surface area contributed by atoms with Crippen LogP contribution in [-0.4, -0.2) is 77.6 Å². The molecule has 1 aliphatic rings. The standard InChI is InChI=1S/C30H41FN8O4/c31-24-7-3-22(4-8-24)20-35-29-37-28(38-30(39-29)36-25-9-11-26(40)12-10-25)34-19-21-1-5-23(6-2-21)27(41)33-14-16-43-18-17-42-15-13-32/h1-8,25-26,40H,9-20,32H2,(H,33,41)(H3,34,35,36,37,38,39). The summed E-state index contributed by atoms with van der Waals surface area (Å²) in [5.41, 5.74) is 7.73. The number of amides is 1. The minimum atomic E-state index is -0.293. The first-order chi connectivity index (χ1) is 21.0. The highest BCUT2D eigenvalue weighted by Crippen LogP contribution is 2.22. The average Bonchev–Trinajstić information content (AvgIpc) is 3.02. The van der Waals surface area contributed by atoms with Crippen LogP contribution in [0.5, 0.6) is 0 Å². The zero-order valence-corrected chi connectivity index (χ0v) is 24.2. The minimum absolute atomic E-state index is 0.157. The Morgan fingerprint density at radius 2 is 1.37 bits per heavy atom. The van der Waals surface area contributed by atoms with Gasteiger partial charge in [-0.1, -0.05) is 24.3 Å². The fraction of sp³-hybridized carbons (Fsp3) is 0.467. The summed E-state index contributed by atoms with van der Waals surface area (Å²) < 4.78 is 24.0. The third-order valence-corrected chi connectivity index (χ3v) is 6.86. The Labute approximate surface area is 251 Å². The van der Waals surface area contributed by atoms with Crippen LogP contribution in [0.1, 0.15) is 47.2 Å². The molecule has 12 nitrogen and oxygen atoms in total. The highest BCUT2D eigenvalue weighted by atomic mass is 19.1. The third-order valence-electron chi connectivity index (χ3n) is 6.86. The molecular formula is C30H41FN8O4. The molecule has 2 aromatic carbocycles. The van der Waals surface area contributed by atoms with Crippen molar-refractivity contribution >= 4 is 23.8 Å². The topological polar surface area (TPSA) is 169 Å². The van der Waals surface area contributed by atoms with Gasteiger partial charge in [-0.3, -0.25) is 4.79 Å². The molecule has 1 heterocycles. The number of carbonyl (C=O) groups is 1. The number of nitrogens with one attached hydrogen (secondary N) is 4. The third kappa shape index (κ3) is 11.4. The number of hydrogen-bond acceptors (Lipinski definition) is 11. The number of benzene rings is 2. The minimum Gasteiger partial charge on any atom is -0.393 e. The molecule has 1 fully saturated rings. The van der Waals surface area contributed by atoms with Crippen molar-refractivity contribution in [2.75, 3.05) is 55.5 Å². The van der Waals surface area contributed by atoms with Crippen molar-refractivity contribution in [3.63, 3.8) is 0 Å². The summed E-state index contributed by atoms with van der Waals surface area (Å²) in [6.07, 6.45) is 2.86. The van der Waals surface area contributed by atoms with Crippen LogP contribution < -0.4 is 27.0 Å². The Bertz CT molecular complexity index is 1260. The Hall–Kier alpha value is -3.91. The van der Waals surface area contributed by atoms with E-state index in [4.69, 9.17) is 15.2 Å². The predicted octanol–water partition coefficient (Wildman–Crippen LogP) is 2.67. The van der Waals surface area contributed by atoms with Crippen LogP contribution in [0.4, 0.5) is 22.2 Å². The number of aliphatic hydroxyl groups is 1. The largest absolute Gasteiger partial charge is 0.393 e. The Morgan fingerprint density at radius 1 is 0.814 bits per heavy atom. The summed E-state index contributed by atoms with van der Waals surface area (Å²) in [4.78, 5) is 26.1. The molecule has 43 heavy (non-hydrogen) atoms. The number of nitrogens with two attached hydrogens (primary N) is 1. The SMILES string of the molecule is NCCOCCOCCNC(=O)c1ccc(CNc2nc(NCc3ccc(F)cc3)nc(NC3CCC(O)CC3)n2)cc1. The number of ether oxygens (including phenoxy) is 2. The highest BCUT2D eigenvalue weighted by molar-refractivity contribution is 5.94. The van der Waals surface area contributed by atoms with Crippen molar-refractivity contribution in [1.82, 2.24) is 20.3 Å². The van der Waals surface area contributed by atoms with Crippen LogP contribution in [0, 0.1) is 5.82 Å². The maximum Gasteiger partial charge on any atom is 0.251 e. The molecule has 0 spiro atoms. The van der Waals surface area contributed by atoms with E-state index in [0.29, 0.717) is 76.0 Å². The normalized spacial score (nSPS) is 16.4. The Kier molecular flexibility index (Phi) is 12.9. The molecule has 7 N–H and O–H groups in total. The number of anilines is 3. The van der Waals surface area contributed by atoms with Gasteiger partial charge in [-0.05, 0) is 61.1 Å². The Balaban J connectivity index is 1.30. The molecule has 1 aromatic heterocycles. The van der Waals surface area contributed by atoms with Crippen molar-refractivity contribution in [2.24, 2.45) is 5.73 Å². The average molecular weight is 597 g/mol. The second kappa shape index (κ2) is 17.3. The van der Waals surface area contributed by atoms with E-state index >= 15 is 0 Å². The van der Waals surface area contributed by atoms with Gasteiger partial charge in [0.2, 0.25) is 17.8 Å². The van der Waals surface area contributed by atoms with Crippen LogP contribution in [0.3, 0.4) is 0 Å². The molecule has 0 radical (unpaired) electrons. The van der Waals surface area contributed by atoms with E-state index in [1.54, 1.807) is 24.3 Å². The number of halogens is 1. The zero-order chi connectivity index (χ0) is 30.3. The first-order valence-electron chi connectivity index (χ1n) is 14.6. The number of aliphatic hydroxyl groups excluding tert-OH is 1. The lowest BCUT2D eigenvalue weighted by atomic mass is 9.93. The number of rotatable bonds is 17. The molecule has 4 rings (SSSR count). The summed E-state index contributed by atoms with van der Waals surface area (Å²) >= 11 is 0. The first-order valence-corrected chi connectivity index (χ1v) is 14.6. The molecule has 1 saturated carbocycles. The van der Waals surface area contributed by atoms with Crippen molar-refractivity contribution in [3.05, 3.63) is 71.0 Å². The summed E-state index contributed by atoms with van der Waals surface area (Å²) in [5.74, 6) is 0.714. The van der Waals surface area contributed by atoms with Gasteiger partial charge in [0.15, 0.2) is 0 Å². The molecule has 0 bridgehead atoms. The van der Waals surface area contributed by atoms with Crippen LogP contribution in [0.25, 0.3) is 0 Å². The van der Waals surface area contributed by atoms with E-state index in [9.17, 15) is 14.3 Å². The van der Waals surface area contributed by atoms with Gasteiger partial charge in [0.1, 0.15) is 5.82 Å². The fourth-order valence-corrected chi connectivity index (χ4v) is 4.48. The maximum absolute atomic E-state index is 13.3. The van der Waals surface area contributed by atoms with Crippen molar-refractivity contribution in [3.8, 4) is 0 Å². The molecule has 0 aliphatic heterocycles.